The number of carbonyl (C=O) groups is 1. The fourth-order valence-corrected chi connectivity index (χ4v) is 6.71. The lowest BCUT2D eigenvalue weighted by Crippen LogP contribution is -2.44. The Hall–Kier alpha value is -4.91. The van der Waals surface area contributed by atoms with Crippen molar-refractivity contribution in [2.45, 2.75) is 33.7 Å². The Kier molecular flexibility index (Phi) is 11.3. The van der Waals surface area contributed by atoms with Gasteiger partial charge in [-0.05, 0) is 63.6 Å². The van der Waals surface area contributed by atoms with Crippen molar-refractivity contribution < 1.29 is 18.7 Å². The van der Waals surface area contributed by atoms with E-state index < -0.39 is 11.9 Å². The monoisotopic (exact) mass is 695 g/mol. The molecule has 0 bridgehead atoms. The van der Waals surface area contributed by atoms with Crippen LogP contribution in [0.2, 0.25) is 0 Å². The van der Waals surface area contributed by atoms with E-state index in [0.717, 1.165) is 66.4 Å². The van der Waals surface area contributed by atoms with Crippen LogP contribution in [0.5, 0.6) is 11.5 Å². The average molecular weight is 696 g/mol. The number of halogens is 1. The van der Waals surface area contributed by atoms with Gasteiger partial charge in [-0.1, -0.05) is 48.0 Å². The maximum absolute atomic E-state index is 15.1. The van der Waals surface area contributed by atoms with E-state index in [9.17, 15) is 4.79 Å². The van der Waals surface area contributed by atoms with Gasteiger partial charge in [-0.2, -0.15) is 4.98 Å². The van der Waals surface area contributed by atoms with Crippen molar-refractivity contribution in [3.05, 3.63) is 107 Å². The van der Waals surface area contributed by atoms with E-state index in [4.69, 9.17) is 14.5 Å². The Morgan fingerprint density at radius 2 is 1.74 bits per heavy atom. The minimum absolute atomic E-state index is 0.109. The van der Waals surface area contributed by atoms with E-state index in [-0.39, 0.29) is 18.2 Å². The zero-order valence-corrected chi connectivity index (χ0v) is 29.7. The second kappa shape index (κ2) is 16.2. The van der Waals surface area contributed by atoms with Crippen molar-refractivity contribution in [3.8, 4) is 22.1 Å². The maximum Gasteiger partial charge on any atom is 0.421 e. The third kappa shape index (κ3) is 9.00. The van der Waals surface area contributed by atoms with Gasteiger partial charge in [-0.3, -0.25) is 4.90 Å². The van der Waals surface area contributed by atoms with Crippen molar-refractivity contribution in [2.75, 3.05) is 56.6 Å². The highest BCUT2D eigenvalue weighted by molar-refractivity contribution is 7.13. The third-order valence-electron chi connectivity index (χ3n) is 8.48. The second-order valence-corrected chi connectivity index (χ2v) is 13.4. The highest BCUT2D eigenvalue weighted by atomic mass is 32.1. The van der Waals surface area contributed by atoms with Crippen LogP contribution in [-0.4, -0.2) is 77.2 Å². The van der Waals surface area contributed by atoms with E-state index in [0.29, 0.717) is 29.6 Å². The summed E-state index contributed by atoms with van der Waals surface area (Å²) in [6.07, 6.45) is 1.75. The van der Waals surface area contributed by atoms with Crippen molar-refractivity contribution >= 4 is 34.9 Å². The molecule has 2 aromatic heterocycles. The first-order valence-corrected chi connectivity index (χ1v) is 17.6. The zero-order valence-electron chi connectivity index (χ0n) is 28.9. The van der Waals surface area contributed by atoms with E-state index in [1.807, 2.05) is 68.6 Å². The number of carbonyl (C=O) groups excluding carboxylic acids is 1. The Balaban J connectivity index is 1.16. The molecule has 5 aromatic rings. The Morgan fingerprint density at radius 1 is 0.980 bits per heavy atom. The van der Waals surface area contributed by atoms with Crippen molar-refractivity contribution in [1.82, 2.24) is 24.8 Å². The predicted molar refractivity (Wildman–Crippen MR) is 196 cm³/mol. The van der Waals surface area contributed by atoms with Crippen molar-refractivity contribution in [2.24, 2.45) is 0 Å². The van der Waals surface area contributed by atoms with Crippen LogP contribution in [0.15, 0.2) is 78.3 Å². The van der Waals surface area contributed by atoms with Crippen LogP contribution in [0.4, 0.5) is 26.6 Å². The normalized spacial score (nSPS) is 13.6. The molecule has 1 aliphatic heterocycles. The van der Waals surface area contributed by atoms with Gasteiger partial charge in [0, 0.05) is 61.6 Å². The molecule has 0 radical (unpaired) electrons. The molecule has 0 atom stereocenters. The first kappa shape index (κ1) is 34.9. The number of hydrogen-bond donors (Lipinski definition) is 1. The summed E-state index contributed by atoms with van der Waals surface area (Å²) in [5, 5.41) is 5.83. The molecule has 1 N–H and O–H groups in total. The molecular weight excluding hydrogens is 654 g/mol. The molecule has 0 spiro atoms. The topological polar surface area (TPSA) is 95.9 Å². The summed E-state index contributed by atoms with van der Waals surface area (Å²) < 4.78 is 26.8. The standard InChI is InChI=1S/C38H42FN7O3S/c1-26-21-27(2)35(28(3)22-26)49-38(47)46(24-31-25-50-36(41-31)29-9-6-5-7-10-29)34-13-14-40-37(43-34)42-30-11-12-33(32(39)23-30)48-20-8-15-45-18-16-44(4)17-19-45/h5-7,9-14,21-23,25H,8,15-20,24H2,1-4H3,(H,40,42,43). The van der Waals surface area contributed by atoms with Gasteiger partial charge in [0.2, 0.25) is 5.95 Å². The molecular formula is C38H42FN7O3S. The Bertz CT molecular complexity index is 1890. The molecule has 50 heavy (non-hydrogen) atoms. The summed E-state index contributed by atoms with van der Waals surface area (Å²) in [5.74, 6) is 0.685. The number of thiazole rings is 1. The number of aromatic nitrogens is 3. The highest BCUT2D eigenvalue weighted by Crippen LogP contribution is 2.29. The lowest BCUT2D eigenvalue weighted by Gasteiger charge is -2.32. The largest absolute Gasteiger partial charge is 0.490 e. The fraction of sp³-hybridized carbons (Fsp3) is 0.316. The number of nitrogens with zero attached hydrogens (tertiary/aromatic N) is 6. The number of anilines is 3. The molecule has 260 valence electrons. The van der Waals surface area contributed by atoms with Gasteiger partial charge in [-0.25, -0.2) is 19.2 Å². The quantitative estimate of drug-likeness (QED) is 0.132. The molecule has 0 unspecified atom stereocenters. The van der Waals surface area contributed by atoms with Gasteiger partial charge in [-0.15, -0.1) is 11.3 Å². The number of likely N-dealkylation sites (N-methyl/N-ethyl adjacent to an activating group) is 1. The number of ether oxygens (including phenoxy) is 2. The molecule has 1 amide bonds. The summed E-state index contributed by atoms with van der Waals surface area (Å²) in [7, 11) is 2.13. The van der Waals surface area contributed by atoms with E-state index in [1.54, 1.807) is 18.2 Å². The number of aryl methyl sites for hydroxylation is 3. The summed E-state index contributed by atoms with van der Waals surface area (Å²) in [4.78, 5) is 33.8. The minimum atomic E-state index is -0.612. The molecule has 0 saturated carbocycles. The molecule has 3 aromatic carbocycles. The SMILES string of the molecule is Cc1cc(C)c(OC(=O)N(Cc2csc(-c3ccccc3)n2)c2ccnc(Nc3ccc(OCCCN4CCN(C)CC4)c(F)c3)n2)c(C)c1. The first-order valence-electron chi connectivity index (χ1n) is 16.7. The van der Waals surface area contributed by atoms with Crippen LogP contribution in [0.25, 0.3) is 10.6 Å². The van der Waals surface area contributed by atoms with E-state index >= 15 is 4.39 Å². The van der Waals surface area contributed by atoms with E-state index in [2.05, 4.69) is 32.1 Å². The van der Waals surface area contributed by atoms with Gasteiger partial charge in [0.1, 0.15) is 16.6 Å². The lowest BCUT2D eigenvalue weighted by molar-refractivity contribution is 0.145. The number of nitrogens with one attached hydrogen (secondary N) is 1. The number of piperazine rings is 1. The van der Waals surface area contributed by atoms with Crippen LogP contribution in [0.3, 0.4) is 0 Å². The van der Waals surface area contributed by atoms with Crippen LogP contribution >= 0.6 is 11.3 Å². The summed E-state index contributed by atoms with van der Waals surface area (Å²) in [6, 6.07) is 20.1. The molecule has 10 nitrogen and oxygen atoms in total. The van der Waals surface area contributed by atoms with Gasteiger partial charge < -0.3 is 24.6 Å². The van der Waals surface area contributed by atoms with Crippen molar-refractivity contribution in [3.63, 3.8) is 0 Å². The molecule has 12 heteroatoms. The molecule has 1 aliphatic rings. The fourth-order valence-electron chi connectivity index (χ4n) is 5.89. The molecule has 0 aliphatic carbocycles. The van der Waals surface area contributed by atoms with Gasteiger partial charge in [0.05, 0.1) is 18.8 Å². The average Bonchev–Trinajstić information content (AvgIpc) is 3.58. The highest BCUT2D eigenvalue weighted by Gasteiger charge is 2.24. The molecule has 3 heterocycles. The maximum atomic E-state index is 15.1. The van der Waals surface area contributed by atoms with Crippen LogP contribution in [0, 0.1) is 26.6 Å². The summed E-state index contributed by atoms with van der Waals surface area (Å²) >= 11 is 1.50. The third-order valence-corrected chi connectivity index (χ3v) is 9.42. The van der Waals surface area contributed by atoms with Gasteiger partial charge in [0.15, 0.2) is 11.6 Å². The van der Waals surface area contributed by atoms with Gasteiger partial charge in [0.25, 0.3) is 0 Å². The summed E-state index contributed by atoms with van der Waals surface area (Å²) in [6.45, 7) is 11.5. The number of rotatable bonds is 12. The number of amides is 1. The molecule has 1 fully saturated rings. The summed E-state index contributed by atoms with van der Waals surface area (Å²) in [5.41, 5.74) is 4.90. The first-order chi connectivity index (χ1) is 24.2. The van der Waals surface area contributed by atoms with Crippen LogP contribution in [-0.2, 0) is 6.54 Å². The Labute approximate surface area is 296 Å². The Morgan fingerprint density at radius 3 is 2.48 bits per heavy atom. The second-order valence-electron chi connectivity index (χ2n) is 12.5. The van der Waals surface area contributed by atoms with E-state index in [1.165, 1.54) is 28.5 Å². The zero-order chi connectivity index (χ0) is 35.0. The van der Waals surface area contributed by atoms with Crippen LogP contribution in [0.1, 0.15) is 28.8 Å². The smallest absolute Gasteiger partial charge is 0.421 e. The lowest BCUT2D eigenvalue weighted by atomic mass is 10.1. The minimum Gasteiger partial charge on any atom is -0.490 e. The van der Waals surface area contributed by atoms with Crippen LogP contribution < -0.4 is 19.7 Å². The predicted octanol–water partition coefficient (Wildman–Crippen LogP) is 7.63. The van der Waals surface area contributed by atoms with Crippen molar-refractivity contribution in [1.29, 1.82) is 0 Å². The molecule has 1 saturated heterocycles. The number of benzene rings is 3. The van der Waals surface area contributed by atoms with Gasteiger partial charge >= 0.3 is 6.09 Å². The number of hydrogen-bond acceptors (Lipinski definition) is 10. The molecule has 6 rings (SSSR count).